The van der Waals surface area contributed by atoms with Crippen LogP contribution in [0.2, 0.25) is 0 Å². The van der Waals surface area contributed by atoms with Crippen molar-refractivity contribution in [3.8, 4) is 0 Å². The summed E-state index contributed by atoms with van der Waals surface area (Å²) in [7, 11) is 1.68. The van der Waals surface area contributed by atoms with Crippen molar-refractivity contribution in [3.05, 3.63) is 17.0 Å². The number of aromatic nitrogens is 1. The van der Waals surface area contributed by atoms with Crippen LogP contribution in [0.5, 0.6) is 0 Å². The molecule has 6 nitrogen and oxygen atoms in total. The number of aryl methyl sites for hydroxylation is 2. The molecule has 1 amide bonds. The highest BCUT2D eigenvalue weighted by atomic mass is 16.5. The number of likely N-dealkylation sites (tertiary alicyclic amines) is 1. The third-order valence-electron chi connectivity index (χ3n) is 4.35. The summed E-state index contributed by atoms with van der Waals surface area (Å²) in [4.78, 5) is 14.5. The Hall–Kier alpha value is -1.40. The van der Waals surface area contributed by atoms with Gasteiger partial charge in [0.15, 0.2) is 0 Å². The lowest BCUT2D eigenvalue weighted by molar-refractivity contribution is -0.126. The maximum atomic E-state index is 12.1. The van der Waals surface area contributed by atoms with E-state index in [0.717, 1.165) is 50.4 Å². The topological polar surface area (TPSA) is 67.6 Å². The number of rotatable bonds is 7. The first kappa shape index (κ1) is 17.0. The molecule has 0 atom stereocenters. The second-order valence-corrected chi connectivity index (χ2v) is 5.99. The molecule has 1 aromatic rings. The Morgan fingerprint density at radius 3 is 2.73 bits per heavy atom. The molecule has 6 heteroatoms. The van der Waals surface area contributed by atoms with E-state index in [0.29, 0.717) is 13.2 Å². The van der Waals surface area contributed by atoms with Gasteiger partial charge in [0.2, 0.25) is 5.91 Å². The maximum absolute atomic E-state index is 12.1. The largest absolute Gasteiger partial charge is 0.385 e. The second kappa shape index (κ2) is 8.29. The Morgan fingerprint density at radius 1 is 1.41 bits per heavy atom. The summed E-state index contributed by atoms with van der Waals surface area (Å²) in [6.07, 6.45) is 2.70. The summed E-state index contributed by atoms with van der Waals surface area (Å²) in [5.74, 6) is 1.23. The number of methoxy groups -OCH3 is 1. The third kappa shape index (κ3) is 4.55. The molecule has 1 fully saturated rings. The summed E-state index contributed by atoms with van der Waals surface area (Å²) in [5, 5.41) is 7.00. The Kier molecular flexibility index (Phi) is 6.39. The number of hydrogen-bond donors (Lipinski definition) is 1. The predicted octanol–water partition coefficient (Wildman–Crippen LogP) is 1.66. The molecular formula is C16H27N3O3. The van der Waals surface area contributed by atoms with Crippen LogP contribution in [0, 0.1) is 19.8 Å². The van der Waals surface area contributed by atoms with E-state index in [9.17, 15) is 4.79 Å². The summed E-state index contributed by atoms with van der Waals surface area (Å²) < 4.78 is 10.2. The lowest BCUT2D eigenvalue weighted by Gasteiger charge is -2.31. The number of carbonyl (C=O) groups is 1. The number of hydrogen-bond acceptors (Lipinski definition) is 5. The van der Waals surface area contributed by atoms with Crippen LogP contribution in [0.3, 0.4) is 0 Å². The van der Waals surface area contributed by atoms with Crippen LogP contribution < -0.4 is 5.32 Å². The van der Waals surface area contributed by atoms with E-state index in [2.05, 4.69) is 15.4 Å². The van der Waals surface area contributed by atoms with Gasteiger partial charge in [-0.1, -0.05) is 5.16 Å². The Morgan fingerprint density at radius 2 is 2.14 bits per heavy atom. The van der Waals surface area contributed by atoms with Crippen LogP contribution in [0.15, 0.2) is 4.52 Å². The highest BCUT2D eigenvalue weighted by Gasteiger charge is 2.25. The molecule has 1 aliphatic rings. The molecule has 2 heterocycles. The van der Waals surface area contributed by atoms with Crippen LogP contribution in [0.25, 0.3) is 0 Å². The molecule has 0 unspecified atom stereocenters. The zero-order chi connectivity index (χ0) is 15.9. The summed E-state index contributed by atoms with van der Waals surface area (Å²) in [5.41, 5.74) is 2.15. The van der Waals surface area contributed by atoms with Crippen molar-refractivity contribution in [2.75, 3.05) is 33.4 Å². The second-order valence-electron chi connectivity index (χ2n) is 5.99. The van der Waals surface area contributed by atoms with Crippen LogP contribution in [0.4, 0.5) is 0 Å². The van der Waals surface area contributed by atoms with E-state index in [4.69, 9.17) is 9.26 Å². The molecule has 0 aromatic carbocycles. The van der Waals surface area contributed by atoms with Gasteiger partial charge in [-0.3, -0.25) is 9.69 Å². The van der Waals surface area contributed by atoms with E-state index < -0.39 is 0 Å². The van der Waals surface area contributed by atoms with Gasteiger partial charge in [0.1, 0.15) is 5.76 Å². The quantitative estimate of drug-likeness (QED) is 0.776. The van der Waals surface area contributed by atoms with E-state index in [1.807, 2.05) is 13.8 Å². The number of ether oxygens (including phenoxy) is 1. The normalized spacial score (nSPS) is 16.9. The van der Waals surface area contributed by atoms with Gasteiger partial charge in [0, 0.05) is 38.3 Å². The highest BCUT2D eigenvalue weighted by molar-refractivity contribution is 5.78. The van der Waals surface area contributed by atoms with Gasteiger partial charge in [0.25, 0.3) is 0 Å². The van der Waals surface area contributed by atoms with E-state index in [1.54, 1.807) is 7.11 Å². The van der Waals surface area contributed by atoms with Crippen LogP contribution in [-0.2, 0) is 16.1 Å². The fourth-order valence-electron chi connectivity index (χ4n) is 2.88. The number of nitrogens with one attached hydrogen (secondary N) is 1. The molecule has 0 bridgehead atoms. The smallest absolute Gasteiger partial charge is 0.223 e. The first-order valence-corrected chi connectivity index (χ1v) is 8.02. The SMILES string of the molecule is COCCCNC(=O)C1CCN(Cc2c(C)noc2C)CC1. The molecule has 0 spiro atoms. The van der Waals surface area contributed by atoms with E-state index in [1.165, 1.54) is 5.56 Å². The first-order valence-electron chi connectivity index (χ1n) is 8.02. The Balaban J connectivity index is 1.72. The van der Waals surface area contributed by atoms with Crippen molar-refractivity contribution in [3.63, 3.8) is 0 Å². The molecular weight excluding hydrogens is 282 g/mol. The molecule has 0 radical (unpaired) electrons. The van der Waals surface area contributed by atoms with Crippen LogP contribution >= 0.6 is 0 Å². The molecule has 22 heavy (non-hydrogen) atoms. The van der Waals surface area contributed by atoms with Gasteiger partial charge in [0.05, 0.1) is 5.69 Å². The number of carbonyl (C=O) groups excluding carboxylic acids is 1. The van der Waals surface area contributed by atoms with Crippen molar-refractivity contribution in [1.82, 2.24) is 15.4 Å². The van der Waals surface area contributed by atoms with Crippen molar-refractivity contribution in [1.29, 1.82) is 0 Å². The van der Waals surface area contributed by atoms with Gasteiger partial charge in [-0.05, 0) is 46.2 Å². The predicted molar refractivity (Wildman–Crippen MR) is 83.5 cm³/mol. The minimum atomic E-state index is 0.142. The minimum Gasteiger partial charge on any atom is -0.385 e. The molecule has 2 rings (SSSR count). The summed E-state index contributed by atoms with van der Waals surface area (Å²) in [6, 6.07) is 0. The maximum Gasteiger partial charge on any atom is 0.223 e. The first-order chi connectivity index (χ1) is 10.6. The molecule has 1 saturated heterocycles. The average Bonchev–Trinajstić information content (AvgIpc) is 2.84. The average molecular weight is 309 g/mol. The van der Waals surface area contributed by atoms with Crippen molar-refractivity contribution in [2.45, 2.75) is 39.7 Å². The number of amides is 1. The van der Waals surface area contributed by atoms with Gasteiger partial charge < -0.3 is 14.6 Å². The van der Waals surface area contributed by atoms with Crippen LogP contribution in [-0.4, -0.2) is 49.3 Å². The van der Waals surface area contributed by atoms with Gasteiger partial charge in [-0.2, -0.15) is 0 Å². The minimum absolute atomic E-state index is 0.142. The standard InChI is InChI=1S/C16H27N3O3/c1-12-15(13(2)22-18-12)11-19-8-5-14(6-9-19)16(20)17-7-4-10-21-3/h14H,4-11H2,1-3H3,(H,17,20). The highest BCUT2D eigenvalue weighted by Crippen LogP contribution is 2.21. The Bertz CT molecular complexity index is 459. The summed E-state index contributed by atoms with van der Waals surface area (Å²) >= 11 is 0. The third-order valence-corrected chi connectivity index (χ3v) is 4.35. The van der Waals surface area contributed by atoms with Crippen molar-refractivity contribution >= 4 is 5.91 Å². The lowest BCUT2D eigenvalue weighted by Crippen LogP contribution is -2.40. The van der Waals surface area contributed by atoms with Crippen molar-refractivity contribution in [2.24, 2.45) is 5.92 Å². The van der Waals surface area contributed by atoms with E-state index in [-0.39, 0.29) is 11.8 Å². The van der Waals surface area contributed by atoms with Gasteiger partial charge >= 0.3 is 0 Å². The molecule has 0 saturated carbocycles. The molecule has 124 valence electrons. The van der Waals surface area contributed by atoms with Crippen LogP contribution in [0.1, 0.15) is 36.3 Å². The number of piperidine rings is 1. The van der Waals surface area contributed by atoms with Gasteiger partial charge in [-0.25, -0.2) is 0 Å². The van der Waals surface area contributed by atoms with Gasteiger partial charge in [-0.15, -0.1) is 0 Å². The fraction of sp³-hybridized carbons (Fsp3) is 0.750. The fourth-order valence-corrected chi connectivity index (χ4v) is 2.88. The lowest BCUT2D eigenvalue weighted by atomic mass is 9.95. The zero-order valence-corrected chi connectivity index (χ0v) is 13.9. The molecule has 0 aliphatic carbocycles. The molecule has 1 aliphatic heterocycles. The Labute approximate surface area is 132 Å². The molecule has 1 aromatic heterocycles. The molecule has 1 N–H and O–H groups in total. The number of nitrogens with zero attached hydrogens (tertiary/aromatic N) is 2. The van der Waals surface area contributed by atoms with Crippen molar-refractivity contribution < 1.29 is 14.1 Å². The summed E-state index contributed by atoms with van der Waals surface area (Å²) in [6.45, 7) is 8.08. The monoisotopic (exact) mass is 309 g/mol. The van der Waals surface area contributed by atoms with E-state index >= 15 is 0 Å². The zero-order valence-electron chi connectivity index (χ0n) is 13.9.